The van der Waals surface area contributed by atoms with Crippen LogP contribution in [0, 0.1) is 10.1 Å². The van der Waals surface area contributed by atoms with Crippen LogP contribution in [-0.4, -0.2) is 18.7 Å². The molecule has 1 atom stereocenters. The van der Waals surface area contributed by atoms with Gasteiger partial charge in [0.2, 0.25) is 16.8 Å². The summed E-state index contributed by atoms with van der Waals surface area (Å²) >= 11 is -2.38. The van der Waals surface area contributed by atoms with Crippen molar-refractivity contribution in [2.75, 3.05) is 0 Å². The van der Waals surface area contributed by atoms with E-state index in [1.54, 1.807) is 0 Å². The third-order valence-electron chi connectivity index (χ3n) is 2.40. The van der Waals surface area contributed by atoms with Gasteiger partial charge in [0.25, 0.3) is 5.03 Å². The summed E-state index contributed by atoms with van der Waals surface area (Å²) in [7, 11) is 0. The van der Waals surface area contributed by atoms with Gasteiger partial charge in [0.15, 0.2) is 0 Å². The zero-order valence-electron chi connectivity index (χ0n) is 10.1. The molecule has 0 fully saturated rings. The summed E-state index contributed by atoms with van der Waals surface area (Å²) in [4.78, 5) is 13.6. The van der Waals surface area contributed by atoms with Crippen molar-refractivity contribution in [3.63, 3.8) is 0 Å². The lowest BCUT2D eigenvalue weighted by Gasteiger charge is -2.06. The number of nitro groups is 1. The Morgan fingerprint density at radius 2 is 1.95 bits per heavy atom. The fraction of sp³-hybridized carbons (Fsp3) is 0.0833. The number of hydrogen-bond acceptors (Lipinski definition) is 5. The number of rotatable bonds is 5. The maximum Gasteiger partial charge on any atom is 0.407 e. The fourth-order valence-corrected chi connectivity index (χ4v) is 1.84. The van der Waals surface area contributed by atoms with Gasteiger partial charge in [-0.1, -0.05) is 30.3 Å². The maximum absolute atomic E-state index is 10.9. The molecule has 0 aliphatic heterocycles. The Balaban J connectivity index is 2.23. The predicted molar refractivity (Wildman–Crippen MR) is 70.7 cm³/mol. The Labute approximate surface area is 116 Å². The Hall–Kier alpha value is -2.32. The van der Waals surface area contributed by atoms with Crippen LogP contribution in [0.3, 0.4) is 0 Å². The maximum atomic E-state index is 10.9. The second kappa shape index (κ2) is 6.22. The van der Waals surface area contributed by atoms with Gasteiger partial charge >= 0.3 is 5.82 Å². The molecule has 104 valence electrons. The first kappa shape index (κ1) is 14.1. The van der Waals surface area contributed by atoms with Gasteiger partial charge in [0.1, 0.15) is 6.61 Å². The van der Waals surface area contributed by atoms with E-state index >= 15 is 0 Å². The highest BCUT2D eigenvalue weighted by Gasteiger charge is 2.21. The summed E-state index contributed by atoms with van der Waals surface area (Å²) in [5.41, 5.74) is 0.844. The van der Waals surface area contributed by atoms with Crippen molar-refractivity contribution >= 4 is 16.9 Å². The molecule has 1 heterocycles. The average Bonchev–Trinajstić information content (AvgIpc) is 2.45. The van der Waals surface area contributed by atoms with Crippen molar-refractivity contribution in [1.82, 2.24) is 4.98 Å². The van der Waals surface area contributed by atoms with Gasteiger partial charge in [-0.25, -0.2) is 4.21 Å². The summed E-state index contributed by atoms with van der Waals surface area (Å²) in [6, 6.07) is 11.6. The Morgan fingerprint density at radius 3 is 2.55 bits per heavy atom. The van der Waals surface area contributed by atoms with Crippen LogP contribution in [0.25, 0.3) is 0 Å². The van der Waals surface area contributed by atoms with Gasteiger partial charge < -0.3 is 14.9 Å². The normalized spacial score (nSPS) is 11.8. The summed E-state index contributed by atoms with van der Waals surface area (Å²) in [6.45, 7) is 0.144. The molecule has 1 unspecified atom stereocenters. The molecule has 2 rings (SSSR count). The zero-order chi connectivity index (χ0) is 14.5. The lowest BCUT2D eigenvalue weighted by molar-refractivity contribution is -0.391. The summed E-state index contributed by atoms with van der Waals surface area (Å²) in [5.74, 6) is -0.631. The highest BCUT2D eigenvalue weighted by atomic mass is 32.2. The second-order valence-corrected chi connectivity index (χ2v) is 4.67. The number of benzene rings is 1. The van der Waals surface area contributed by atoms with Gasteiger partial charge in [-0.2, -0.15) is 0 Å². The monoisotopic (exact) mass is 294 g/mol. The molecular formula is C12H10N2O5S. The van der Waals surface area contributed by atoms with Crippen LogP contribution in [0.15, 0.2) is 47.5 Å². The number of hydrogen-bond donors (Lipinski definition) is 1. The Kier molecular flexibility index (Phi) is 4.38. The molecule has 0 spiro atoms. The van der Waals surface area contributed by atoms with Crippen LogP contribution in [-0.2, 0) is 17.7 Å². The van der Waals surface area contributed by atoms with Crippen LogP contribution in [0.2, 0.25) is 0 Å². The summed E-state index contributed by atoms with van der Waals surface area (Å²) < 4.78 is 25.1. The highest BCUT2D eigenvalue weighted by Crippen LogP contribution is 2.26. The Morgan fingerprint density at radius 1 is 1.25 bits per heavy atom. The number of aromatic nitrogens is 1. The first-order valence-electron chi connectivity index (χ1n) is 5.51. The van der Waals surface area contributed by atoms with Crippen molar-refractivity contribution in [2.45, 2.75) is 11.6 Å². The molecule has 8 heteroatoms. The van der Waals surface area contributed by atoms with Crippen molar-refractivity contribution in [3.05, 3.63) is 58.1 Å². The first-order valence-corrected chi connectivity index (χ1v) is 6.61. The van der Waals surface area contributed by atoms with Crippen LogP contribution in [0.4, 0.5) is 5.82 Å². The quantitative estimate of drug-likeness (QED) is 0.515. The number of nitrogens with zero attached hydrogens (tertiary/aromatic N) is 2. The molecule has 0 amide bonds. The van der Waals surface area contributed by atoms with E-state index in [0.717, 1.165) is 5.56 Å². The van der Waals surface area contributed by atoms with Crippen LogP contribution >= 0.6 is 0 Å². The SMILES string of the molecule is O=[N+]([O-])c1nc(S(=O)O)ccc1OCc1ccccc1. The molecule has 0 bridgehead atoms. The highest BCUT2D eigenvalue weighted by molar-refractivity contribution is 7.79. The lowest BCUT2D eigenvalue weighted by atomic mass is 10.2. The average molecular weight is 294 g/mol. The largest absolute Gasteiger partial charge is 0.481 e. The van der Waals surface area contributed by atoms with Gasteiger partial charge in [-0.05, 0) is 21.5 Å². The number of ether oxygens (including phenoxy) is 1. The lowest BCUT2D eigenvalue weighted by Crippen LogP contribution is -2.03. The van der Waals surface area contributed by atoms with Gasteiger partial charge in [-0.3, -0.25) is 4.55 Å². The van der Waals surface area contributed by atoms with E-state index in [1.807, 2.05) is 30.3 Å². The van der Waals surface area contributed by atoms with E-state index in [1.165, 1.54) is 12.1 Å². The predicted octanol–water partition coefficient (Wildman–Crippen LogP) is 2.15. The third-order valence-corrected chi connectivity index (χ3v) is 2.99. The molecule has 0 aliphatic carbocycles. The minimum absolute atomic E-state index is 0.0481. The second-order valence-electron chi connectivity index (χ2n) is 3.75. The van der Waals surface area contributed by atoms with Crippen molar-refractivity contribution in [2.24, 2.45) is 0 Å². The van der Waals surface area contributed by atoms with E-state index in [4.69, 9.17) is 9.29 Å². The molecule has 2 aromatic rings. The van der Waals surface area contributed by atoms with E-state index in [-0.39, 0.29) is 17.4 Å². The molecule has 0 saturated heterocycles. The molecule has 20 heavy (non-hydrogen) atoms. The molecule has 0 radical (unpaired) electrons. The van der Waals surface area contributed by atoms with Gasteiger partial charge in [-0.15, -0.1) is 0 Å². The van der Waals surface area contributed by atoms with Crippen molar-refractivity contribution in [1.29, 1.82) is 0 Å². The minimum Gasteiger partial charge on any atom is -0.481 e. The van der Waals surface area contributed by atoms with Crippen LogP contribution < -0.4 is 4.74 Å². The van der Waals surface area contributed by atoms with E-state index in [0.29, 0.717) is 0 Å². The molecular weight excluding hydrogens is 284 g/mol. The van der Waals surface area contributed by atoms with E-state index in [2.05, 4.69) is 4.98 Å². The first-order chi connectivity index (χ1) is 9.58. The zero-order valence-corrected chi connectivity index (χ0v) is 10.9. The van der Waals surface area contributed by atoms with Gasteiger partial charge in [0, 0.05) is 6.07 Å². The van der Waals surface area contributed by atoms with Gasteiger partial charge in [0.05, 0.1) is 0 Å². The molecule has 1 aromatic carbocycles. The fourth-order valence-electron chi connectivity index (χ4n) is 1.49. The molecule has 1 aromatic heterocycles. The smallest absolute Gasteiger partial charge is 0.407 e. The van der Waals surface area contributed by atoms with E-state index in [9.17, 15) is 14.3 Å². The van der Waals surface area contributed by atoms with Crippen LogP contribution in [0.1, 0.15) is 5.56 Å². The van der Waals surface area contributed by atoms with Crippen LogP contribution in [0.5, 0.6) is 5.75 Å². The molecule has 1 N–H and O–H groups in total. The summed E-state index contributed by atoms with van der Waals surface area (Å²) in [6.07, 6.45) is 0. The summed E-state index contributed by atoms with van der Waals surface area (Å²) in [5, 5.41) is 10.6. The standard InChI is InChI=1S/C12H10N2O5S/c15-14(16)12-10(6-7-11(13-12)20(17)18)19-8-9-4-2-1-3-5-9/h1-7H,8H2,(H,17,18). The number of pyridine rings is 1. The Bertz CT molecular complexity index is 648. The van der Waals surface area contributed by atoms with E-state index < -0.39 is 21.8 Å². The third kappa shape index (κ3) is 3.37. The molecule has 0 aliphatic rings. The van der Waals surface area contributed by atoms with Crippen molar-refractivity contribution in [3.8, 4) is 5.75 Å². The van der Waals surface area contributed by atoms with Crippen molar-refractivity contribution < 1.29 is 18.4 Å². The topological polar surface area (TPSA) is 103 Å². The molecule has 0 saturated carbocycles. The molecule has 7 nitrogen and oxygen atoms in total. The minimum atomic E-state index is -2.38.